The van der Waals surface area contributed by atoms with Crippen LogP contribution in [0.25, 0.3) is 10.2 Å². The molecule has 7 nitrogen and oxygen atoms in total. The first-order chi connectivity index (χ1) is 14.2. The monoisotopic (exact) mass is 424 g/mol. The largest absolute Gasteiger partial charge is 0.368 e. The SMILES string of the molecule is CC(NC(=O)Nc1ncc(CCNc2ncnc3ccsc23)s1)c1ccccc1. The van der Waals surface area contributed by atoms with Gasteiger partial charge in [0.1, 0.15) is 12.1 Å². The van der Waals surface area contributed by atoms with Gasteiger partial charge in [-0.15, -0.1) is 22.7 Å². The summed E-state index contributed by atoms with van der Waals surface area (Å²) in [5.41, 5.74) is 2.01. The number of carbonyl (C=O) groups is 1. The van der Waals surface area contributed by atoms with Crippen molar-refractivity contribution in [1.82, 2.24) is 20.3 Å². The molecule has 4 rings (SSSR count). The average molecular weight is 425 g/mol. The number of rotatable bonds is 7. The molecule has 3 aromatic heterocycles. The van der Waals surface area contributed by atoms with E-state index in [0.29, 0.717) is 5.13 Å². The molecule has 0 spiro atoms. The molecule has 0 aliphatic rings. The maximum atomic E-state index is 12.2. The standard InChI is InChI=1S/C20H20N6OS2/c1-13(14-5-3-2-4-6-14)25-19(27)26-20-22-11-15(29-20)7-9-21-18-17-16(8-10-28-17)23-12-24-18/h2-6,8,10-13H,7,9H2,1H3,(H,21,23,24)(H2,22,25,26,27). The summed E-state index contributed by atoms with van der Waals surface area (Å²) >= 11 is 3.09. The van der Waals surface area contributed by atoms with E-state index in [1.807, 2.05) is 48.7 Å². The molecule has 1 atom stereocenters. The Morgan fingerprint density at radius 3 is 2.86 bits per heavy atom. The Morgan fingerprint density at radius 2 is 2.00 bits per heavy atom. The molecule has 0 bridgehead atoms. The molecular weight excluding hydrogens is 404 g/mol. The zero-order chi connectivity index (χ0) is 20.1. The van der Waals surface area contributed by atoms with Gasteiger partial charge in [0.25, 0.3) is 0 Å². The number of urea groups is 1. The van der Waals surface area contributed by atoms with Crippen LogP contribution in [-0.4, -0.2) is 27.5 Å². The fraction of sp³-hybridized carbons (Fsp3) is 0.200. The minimum Gasteiger partial charge on any atom is -0.368 e. The Bertz CT molecular complexity index is 1090. The Hall–Kier alpha value is -3.04. The second-order valence-electron chi connectivity index (χ2n) is 6.40. The highest BCUT2D eigenvalue weighted by molar-refractivity contribution is 7.17. The van der Waals surface area contributed by atoms with Gasteiger partial charge in [0, 0.05) is 24.0 Å². The molecule has 2 amide bonds. The van der Waals surface area contributed by atoms with E-state index < -0.39 is 0 Å². The molecule has 0 radical (unpaired) electrons. The Morgan fingerprint density at radius 1 is 1.14 bits per heavy atom. The van der Waals surface area contributed by atoms with Gasteiger partial charge in [-0.2, -0.15) is 0 Å². The van der Waals surface area contributed by atoms with Crippen LogP contribution in [-0.2, 0) is 6.42 Å². The van der Waals surface area contributed by atoms with E-state index >= 15 is 0 Å². The highest BCUT2D eigenvalue weighted by Gasteiger charge is 2.11. The lowest BCUT2D eigenvalue weighted by molar-refractivity contribution is 0.249. The van der Waals surface area contributed by atoms with Gasteiger partial charge in [-0.25, -0.2) is 19.7 Å². The number of nitrogens with one attached hydrogen (secondary N) is 3. The molecular formula is C20H20N6OS2. The molecule has 29 heavy (non-hydrogen) atoms. The minimum atomic E-state index is -0.263. The Labute approximate surface area is 176 Å². The lowest BCUT2D eigenvalue weighted by atomic mass is 10.1. The number of thiophene rings is 1. The van der Waals surface area contributed by atoms with E-state index in [2.05, 4.69) is 30.9 Å². The number of anilines is 2. The first-order valence-electron chi connectivity index (χ1n) is 9.18. The minimum absolute atomic E-state index is 0.0817. The maximum absolute atomic E-state index is 12.2. The summed E-state index contributed by atoms with van der Waals surface area (Å²) in [4.78, 5) is 26.2. The number of hydrogen-bond donors (Lipinski definition) is 3. The van der Waals surface area contributed by atoms with E-state index in [1.54, 1.807) is 23.9 Å². The Kier molecular flexibility index (Phi) is 5.97. The van der Waals surface area contributed by atoms with Crippen LogP contribution in [0.1, 0.15) is 23.4 Å². The first-order valence-corrected chi connectivity index (χ1v) is 10.9. The molecule has 4 aromatic rings. The van der Waals surface area contributed by atoms with Crippen molar-refractivity contribution < 1.29 is 4.79 Å². The quantitative estimate of drug-likeness (QED) is 0.400. The van der Waals surface area contributed by atoms with Crippen molar-refractivity contribution in [3.63, 3.8) is 0 Å². The zero-order valence-corrected chi connectivity index (χ0v) is 17.4. The van der Waals surface area contributed by atoms with Gasteiger partial charge in [0.05, 0.1) is 16.3 Å². The van der Waals surface area contributed by atoms with Crippen molar-refractivity contribution in [3.8, 4) is 0 Å². The Balaban J connectivity index is 1.27. The van der Waals surface area contributed by atoms with Crippen molar-refractivity contribution in [2.45, 2.75) is 19.4 Å². The van der Waals surface area contributed by atoms with Crippen LogP contribution in [0.2, 0.25) is 0 Å². The topological polar surface area (TPSA) is 91.8 Å². The smallest absolute Gasteiger partial charge is 0.321 e. The van der Waals surface area contributed by atoms with Crippen LogP contribution in [0.4, 0.5) is 15.7 Å². The maximum Gasteiger partial charge on any atom is 0.321 e. The number of benzene rings is 1. The van der Waals surface area contributed by atoms with Gasteiger partial charge in [-0.3, -0.25) is 5.32 Å². The lowest BCUT2D eigenvalue weighted by Crippen LogP contribution is -2.31. The third-order valence-electron chi connectivity index (χ3n) is 4.33. The molecule has 1 unspecified atom stereocenters. The highest BCUT2D eigenvalue weighted by Crippen LogP contribution is 2.25. The number of nitrogens with zero attached hydrogens (tertiary/aromatic N) is 3. The summed E-state index contributed by atoms with van der Waals surface area (Å²) in [6.07, 6.45) is 4.16. The second-order valence-corrected chi connectivity index (χ2v) is 8.43. The summed E-state index contributed by atoms with van der Waals surface area (Å²) in [6, 6.07) is 11.5. The van der Waals surface area contributed by atoms with E-state index in [9.17, 15) is 4.79 Å². The van der Waals surface area contributed by atoms with Gasteiger partial charge in [0.2, 0.25) is 0 Å². The number of fused-ring (bicyclic) bond motifs is 1. The molecule has 0 saturated carbocycles. The number of amides is 2. The molecule has 9 heteroatoms. The van der Waals surface area contributed by atoms with Crippen LogP contribution < -0.4 is 16.0 Å². The van der Waals surface area contributed by atoms with Crippen LogP contribution in [0, 0.1) is 0 Å². The van der Waals surface area contributed by atoms with Gasteiger partial charge in [0.15, 0.2) is 5.13 Å². The summed E-state index contributed by atoms with van der Waals surface area (Å²) in [5, 5.41) is 11.7. The van der Waals surface area contributed by atoms with Gasteiger partial charge in [-0.05, 0) is 23.9 Å². The van der Waals surface area contributed by atoms with Gasteiger partial charge < -0.3 is 10.6 Å². The fourth-order valence-electron chi connectivity index (χ4n) is 2.85. The van der Waals surface area contributed by atoms with Crippen molar-refractivity contribution in [2.24, 2.45) is 0 Å². The number of thiazole rings is 1. The van der Waals surface area contributed by atoms with Crippen LogP contribution in [0.5, 0.6) is 0 Å². The fourth-order valence-corrected chi connectivity index (χ4v) is 4.47. The van der Waals surface area contributed by atoms with E-state index in [-0.39, 0.29) is 12.1 Å². The van der Waals surface area contributed by atoms with Crippen LogP contribution >= 0.6 is 22.7 Å². The van der Waals surface area contributed by atoms with E-state index in [0.717, 1.165) is 39.4 Å². The predicted molar refractivity (Wildman–Crippen MR) is 119 cm³/mol. The van der Waals surface area contributed by atoms with Crippen LogP contribution in [0.15, 0.2) is 54.3 Å². The predicted octanol–water partition coefficient (Wildman–Crippen LogP) is 4.69. The van der Waals surface area contributed by atoms with E-state index in [4.69, 9.17) is 0 Å². The number of aromatic nitrogens is 3. The number of hydrogen-bond acceptors (Lipinski definition) is 7. The summed E-state index contributed by atoms with van der Waals surface area (Å²) in [7, 11) is 0. The highest BCUT2D eigenvalue weighted by atomic mass is 32.1. The summed E-state index contributed by atoms with van der Waals surface area (Å²) in [6.45, 7) is 2.68. The second kappa shape index (κ2) is 8.97. The zero-order valence-electron chi connectivity index (χ0n) is 15.8. The molecule has 0 saturated heterocycles. The third kappa shape index (κ3) is 4.87. The van der Waals surface area contributed by atoms with E-state index in [1.165, 1.54) is 11.3 Å². The van der Waals surface area contributed by atoms with Crippen molar-refractivity contribution >= 4 is 49.9 Å². The number of carbonyl (C=O) groups excluding carboxylic acids is 1. The molecule has 0 aliphatic heterocycles. The molecule has 0 aliphatic carbocycles. The third-order valence-corrected chi connectivity index (χ3v) is 6.21. The first kappa shape index (κ1) is 19.3. The summed E-state index contributed by atoms with van der Waals surface area (Å²) < 4.78 is 1.06. The molecule has 148 valence electrons. The lowest BCUT2D eigenvalue weighted by Gasteiger charge is -2.14. The normalized spacial score (nSPS) is 11.9. The molecule has 0 fully saturated rings. The van der Waals surface area contributed by atoms with Crippen LogP contribution in [0.3, 0.4) is 0 Å². The molecule has 3 N–H and O–H groups in total. The van der Waals surface area contributed by atoms with Crippen molar-refractivity contribution in [3.05, 3.63) is 64.7 Å². The summed E-state index contributed by atoms with van der Waals surface area (Å²) in [5.74, 6) is 0.849. The van der Waals surface area contributed by atoms with Gasteiger partial charge in [-0.1, -0.05) is 30.3 Å². The average Bonchev–Trinajstić information content (AvgIpc) is 3.38. The van der Waals surface area contributed by atoms with Gasteiger partial charge >= 0.3 is 6.03 Å². The van der Waals surface area contributed by atoms with Crippen molar-refractivity contribution in [1.29, 1.82) is 0 Å². The molecule has 1 aromatic carbocycles. The molecule has 3 heterocycles. The van der Waals surface area contributed by atoms with Crippen molar-refractivity contribution in [2.75, 3.05) is 17.2 Å².